The van der Waals surface area contributed by atoms with Crippen LogP contribution in [0.5, 0.6) is 11.5 Å². The second-order valence-corrected chi connectivity index (χ2v) is 5.46. The molecular formula is C18H22ClNO2. The van der Waals surface area contributed by atoms with Crippen LogP contribution in [0, 0.1) is 0 Å². The Bertz CT molecular complexity index is 602. The Labute approximate surface area is 137 Å². The molecule has 2 aromatic rings. The van der Waals surface area contributed by atoms with Crippen LogP contribution in [0.3, 0.4) is 0 Å². The molecule has 0 radical (unpaired) electrons. The summed E-state index contributed by atoms with van der Waals surface area (Å²) in [6.45, 7) is 5.33. The molecule has 0 saturated heterocycles. The van der Waals surface area contributed by atoms with Gasteiger partial charge in [0, 0.05) is 12.6 Å². The molecule has 0 amide bonds. The number of benzene rings is 2. The zero-order valence-corrected chi connectivity index (χ0v) is 14.0. The van der Waals surface area contributed by atoms with Gasteiger partial charge in [-0.05, 0) is 37.1 Å². The molecule has 2 aromatic carbocycles. The smallest absolute Gasteiger partial charge is 0.179 e. The number of hydrogen-bond donors (Lipinski definition) is 1. The molecule has 0 heterocycles. The lowest BCUT2D eigenvalue weighted by molar-refractivity contribution is 0.311. The zero-order valence-electron chi connectivity index (χ0n) is 13.2. The molecule has 0 saturated carbocycles. The maximum Gasteiger partial charge on any atom is 0.179 e. The highest BCUT2D eigenvalue weighted by atomic mass is 35.5. The Hall–Kier alpha value is -1.71. The van der Waals surface area contributed by atoms with Gasteiger partial charge in [-0.1, -0.05) is 41.9 Å². The van der Waals surface area contributed by atoms with Crippen LogP contribution in [0.4, 0.5) is 0 Å². The summed E-state index contributed by atoms with van der Waals surface area (Å²) in [6, 6.07) is 14.5. The number of hydrogen-bond acceptors (Lipinski definition) is 3. The largest absolute Gasteiger partial charge is 0.493 e. The summed E-state index contributed by atoms with van der Waals surface area (Å²) in [6.07, 6.45) is 0. The van der Waals surface area contributed by atoms with Gasteiger partial charge in [-0.15, -0.1) is 0 Å². The lowest BCUT2D eigenvalue weighted by Gasteiger charge is -2.16. The molecule has 3 nitrogen and oxygen atoms in total. The van der Waals surface area contributed by atoms with Gasteiger partial charge in [0.25, 0.3) is 0 Å². The molecule has 0 aromatic heterocycles. The van der Waals surface area contributed by atoms with E-state index in [0.29, 0.717) is 29.7 Å². The van der Waals surface area contributed by atoms with Crippen LogP contribution < -0.4 is 14.8 Å². The molecule has 4 heteroatoms. The van der Waals surface area contributed by atoms with Crippen molar-refractivity contribution in [3.63, 3.8) is 0 Å². The number of halogens is 1. The topological polar surface area (TPSA) is 30.5 Å². The SMILES string of the molecule is CCOc1c(Cl)cc(CN[C@@H](C)c2ccccc2)cc1OC. The van der Waals surface area contributed by atoms with Crippen LogP contribution in [0.2, 0.25) is 5.02 Å². The van der Waals surface area contributed by atoms with Crippen LogP contribution in [0.25, 0.3) is 0 Å². The van der Waals surface area contributed by atoms with E-state index in [1.807, 2.05) is 37.3 Å². The monoisotopic (exact) mass is 319 g/mol. The van der Waals surface area contributed by atoms with E-state index >= 15 is 0 Å². The van der Waals surface area contributed by atoms with Crippen molar-refractivity contribution < 1.29 is 9.47 Å². The van der Waals surface area contributed by atoms with E-state index in [4.69, 9.17) is 21.1 Å². The summed E-state index contributed by atoms with van der Waals surface area (Å²) < 4.78 is 10.9. The zero-order chi connectivity index (χ0) is 15.9. The van der Waals surface area contributed by atoms with Crippen LogP contribution in [-0.2, 0) is 6.54 Å². The highest BCUT2D eigenvalue weighted by Crippen LogP contribution is 2.36. The van der Waals surface area contributed by atoms with Gasteiger partial charge in [0.15, 0.2) is 11.5 Å². The Morgan fingerprint density at radius 3 is 2.55 bits per heavy atom. The van der Waals surface area contributed by atoms with Crippen LogP contribution in [0.15, 0.2) is 42.5 Å². The lowest BCUT2D eigenvalue weighted by Crippen LogP contribution is -2.18. The van der Waals surface area contributed by atoms with Crippen molar-refractivity contribution in [1.82, 2.24) is 5.32 Å². The first-order valence-corrected chi connectivity index (χ1v) is 7.81. The van der Waals surface area contributed by atoms with Crippen molar-refractivity contribution in [3.05, 3.63) is 58.6 Å². The standard InChI is InChI=1S/C18H22ClNO2/c1-4-22-18-16(19)10-14(11-17(18)21-3)12-20-13(2)15-8-6-5-7-9-15/h5-11,13,20H,4,12H2,1-3H3/t13-/m0/s1. The first-order chi connectivity index (χ1) is 10.7. The van der Waals surface area contributed by atoms with Gasteiger partial charge in [-0.2, -0.15) is 0 Å². The second-order valence-electron chi connectivity index (χ2n) is 5.06. The average Bonchev–Trinajstić information content (AvgIpc) is 2.55. The third-order valence-electron chi connectivity index (χ3n) is 3.49. The third-order valence-corrected chi connectivity index (χ3v) is 3.77. The van der Waals surface area contributed by atoms with E-state index in [-0.39, 0.29) is 6.04 Å². The predicted molar refractivity (Wildman–Crippen MR) is 90.9 cm³/mol. The summed E-state index contributed by atoms with van der Waals surface area (Å²) in [4.78, 5) is 0. The maximum absolute atomic E-state index is 6.29. The van der Waals surface area contributed by atoms with Gasteiger partial charge >= 0.3 is 0 Å². The first-order valence-electron chi connectivity index (χ1n) is 7.43. The molecule has 1 atom stereocenters. The van der Waals surface area contributed by atoms with E-state index in [2.05, 4.69) is 24.4 Å². The summed E-state index contributed by atoms with van der Waals surface area (Å²) in [5.41, 5.74) is 2.32. The van der Waals surface area contributed by atoms with Gasteiger partial charge < -0.3 is 14.8 Å². The third kappa shape index (κ3) is 4.15. The molecule has 0 fully saturated rings. The molecule has 0 unspecified atom stereocenters. The summed E-state index contributed by atoms with van der Waals surface area (Å²) in [5, 5.41) is 4.06. The number of ether oxygens (including phenoxy) is 2. The molecule has 0 aliphatic heterocycles. The minimum Gasteiger partial charge on any atom is -0.493 e. The molecule has 0 aliphatic carbocycles. The van der Waals surface area contributed by atoms with E-state index in [9.17, 15) is 0 Å². The van der Waals surface area contributed by atoms with E-state index in [0.717, 1.165) is 5.56 Å². The molecule has 1 N–H and O–H groups in total. The van der Waals surface area contributed by atoms with Crippen LogP contribution >= 0.6 is 11.6 Å². The fourth-order valence-electron chi connectivity index (χ4n) is 2.29. The highest BCUT2D eigenvalue weighted by Gasteiger charge is 2.12. The summed E-state index contributed by atoms with van der Waals surface area (Å²) in [5.74, 6) is 1.27. The van der Waals surface area contributed by atoms with Crippen molar-refractivity contribution in [3.8, 4) is 11.5 Å². The van der Waals surface area contributed by atoms with E-state index in [1.165, 1.54) is 5.56 Å². The minimum absolute atomic E-state index is 0.262. The average molecular weight is 320 g/mol. The van der Waals surface area contributed by atoms with Crippen molar-refractivity contribution in [2.24, 2.45) is 0 Å². The van der Waals surface area contributed by atoms with Crippen molar-refractivity contribution in [1.29, 1.82) is 0 Å². The molecule has 2 rings (SSSR count). The van der Waals surface area contributed by atoms with Crippen molar-refractivity contribution >= 4 is 11.6 Å². The second kappa shape index (κ2) is 8.06. The first kappa shape index (κ1) is 16.7. The minimum atomic E-state index is 0.262. The van der Waals surface area contributed by atoms with Gasteiger partial charge in [-0.3, -0.25) is 0 Å². The van der Waals surface area contributed by atoms with Gasteiger partial charge in [0.2, 0.25) is 0 Å². The molecule has 22 heavy (non-hydrogen) atoms. The number of nitrogens with one attached hydrogen (secondary N) is 1. The molecule has 0 aliphatic rings. The maximum atomic E-state index is 6.29. The molecule has 0 bridgehead atoms. The molecule has 118 valence electrons. The normalized spacial score (nSPS) is 12.0. The van der Waals surface area contributed by atoms with Gasteiger partial charge in [0.1, 0.15) is 0 Å². The summed E-state index contributed by atoms with van der Waals surface area (Å²) in [7, 11) is 1.62. The Balaban J connectivity index is 2.08. The summed E-state index contributed by atoms with van der Waals surface area (Å²) >= 11 is 6.29. The van der Waals surface area contributed by atoms with Crippen LogP contribution in [-0.4, -0.2) is 13.7 Å². The highest BCUT2D eigenvalue weighted by molar-refractivity contribution is 6.32. The fourth-order valence-corrected chi connectivity index (χ4v) is 2.58. The fraction of sp³-hybridized carbons (Fsp3) is 0.333. The van der Waals surface area contributed by atoms with Crippen molar-refractivity contribution in [2.45, 2.75) is 26.4 Å². The molecule has 0 spiro atoms. The van der Waals surface area contributed by atoms with Crippen LogP contribution in [0.1, 0.15) is 31.0 Å². The predicted octanol–water partition coefficient (Wildman–Crippen LogP) is 4.60. The van der Waals surface area contributed by atoms with Gasteiger partial charge in [0.05, 0.1) is 18.7 Å². The Morgan fingerprint density at radius 1 is 1.18 bits per heavy atom. The number of methoxy groups -OCH3 is 1. The van der Waals surface area contributed by atoms with E-state index < -0.39 is 0 Å². The Morgan fingerprint density at radius 2 is 1.91 bits per heavy atom. The van der Waals surface area contributed by atoms with Crippen molar-refractivity contribution in [2.75, 3.05) is 13.7 Å². The van der Waals surface area contributed by atoms with Gasteiger partial charge in [-0.25, -0.2) is 0 Å². The van der Waals surface area contributed by atoms with E-state index in [1.54, 1.807) is 7.11 Å². The molecular weight excluding hydrogens is 298 g/mol. The lowest BCUT2D eigenvalue weighted by atomic mass is 10.1. The number of rotatable bonds is 7. The Kier molecular flexibility index (Phi) is 6.10. The quantitative estimate of drug-likeness (QED) is 0.809.